The summed E-state index contributed by atoms with van der Waals surface area (Å²) in [5.74, 6) is 0.0354. The predicted molar refractivity (Wildman–Crippen MR) is 104 cm³/mol. The van der Waals surface area contributed by atoms with Gasteiger partial charge in [-0.1, -0.05) is 36.8 Å². The van der Waals surface area contributed by atoms with Crippen molar-refractivity contribution in [1.29, 1.82) is 0 Å². The van der Waals surface area contributed by atoms with Crippen molar-refractivity contribution in [2.75, 3.05) is 10.6 Å². The Hall–Kier alpha value is -2.82. The molecule has 1 fully saturated rings. The van der Waals surface area contributed by atoms with E-state index in [4.69, 9.17) is 0 Å². The molecule has 0 radical (unpaired) electrons. The van der Waals surface area contributed by atoms with E-state index in [2.05, 4.69) is 16.0 Å². The van der Waals surface area contributed by atoms with E-state index in [9.17, 15) is 9.59 Å². The maximum Gasteiger partial charge on any atom is 0.319 e. The molecule has 3 N–H and O–H groups in total. The second-order valence-electron chi connectivity index (χ2n) is 7.09. The quantitative estimate of drug-likeness (QED) is 0.752. The van der Waals surface area contributed by atoms with Gasteiger partial charge in [0, 0.05) is 17.4 Å². The molecule has 0 aromatic heterocycles. The number of carbonyl (C=O) groups excluding carboxylic acids is 2. The highest BCUT2D eigenvalue weighted by atomic mass is 16.2. The molecule has 5 nitrogen and oxygen atoms in total. The van der Waals surface area contributed by atoms with Crippen LogP contribution in [-0.4, -0.2) is 18.0 Å². The van der Waals surface area contributed by atoms with Crippen LogP contribution in [0, 0.1) is 0 Å². The first kappa shape index (κ1) is 18.0. The first-order valence-electron chi connectivity index (χ1n) is 9.04. The predicted octanol–water partition coefficient (Wildman–Crippen LogP) is 4.28. The van der Waals surface area contributed by atoms with Crippen molar-refractivity contribution in [3.05, 3.63) is 60.2 Å². The Morgan fingerprint density at radius 2 is 1.46 bits per heavy atom. The van der Waals surface area contributed by atoms with Crippen LogP contribution in [0.25, 0.3) is 0 Å². The molecule has 0 saturated heterocycles. The van der Waals surface area contributed by atoms with Gasteiger partial charge in [-0.05, 0) is 56.5 Å². The fourth-order valence-electron chi connectivity index (χ4n) is 3.25. The van der Waals surface area contributed by atoms with E-state index in [-0.39, 0.29) is 18.0 Å². The summed E-state index contributed by atoms with van der Waals surface area (Å²) in [5.41, 5.74) is 2.07. The average molecular weight is 351 g/mol. The monoisotopic (exact) mass is 351 g/mol. The van der Waals surface area contributed by atoms with Gasteiger partial charge in [-0.2, -0.15) is 0 Å². The Balaban J connectivity index is 1.65. The van der Waals surface area contributed by atoms with Gasteiger partial charge in [-0.15, -0.1) is 0 Å². The van der Waals surface area contributed by atoms with E-state index >= 15 is 0 Å². The molecule has 1 saturated carbocycles. The number of urea groups is 1. The van der Waals surface area contributed by atoms with Gasteiger partial charge < -0.3 is 16.0 Å². The molecule has 2 aromatic rings. The Labute approximate surface area is 154 Å². The largest absolute Gasteiger partial charge is 0.336 e. The zero-order chi connectivity index (χ0) is 18.6. The second-order valence-corrected chi connectivity index (χ2v) is 7.09. The standard InChI is InChI=1S/C21H25N3O2/c1-15(2)22-20(26)24-18-11-9-17(10-12-18)23-19(25)21(13-6-14-21)16-7-4-3-5-8-16/h3-5,7-12,15H,6,13-14H2,1-2H3,(H,23,25)(H2,22,24,26). The van der Waals surface area contributed by atoms with Crippen LogP contribution < -0.4 is 16.0 Å². The van der Waals surface area contributed by atoms with Crippen LogP contribution >= 0.6 is 0 Å². The van der Waals surface area contributed by atoms with Crippen molar-refractivity contribution in [2.24, 2.45) is 0 Å². The van der Waals surface area contributed by atoms with Crippen LogP contribution in [0.1, 0.15) is 38.7 Å². The molecular formula is C21H25N3O2. The number of anilines is 2. The molecule has 0 bridgehead atoms. The summed E-state index contributed by atoms with van der Waals surface area (Å²) in [7, 11) is 0. The third-order valence-corrected chi connectivity index (χ3v) is 4.79. The Bertz CT molecular complexity index is 766. The molecule has 1 aliphatic carbocycles. The lowest BCUT2D eigenvalue weighted by atomic mass is 9.64. The summed E-state index contributed by atoms with van der Waals surface area (Å²) in [5, 5.41) is 8.57. The number of hydrogen-bond donors (Lipinski definition) is 3. The fourth-order valence-corrected chi connectivity index (χ4v) is 3.25. The zero-order valence-corrected chi connectivity index (χ0v) is 15.2. The molecule has 0 atom stereocenters. The Morgan fingerprint density at radius 3 is 1.96 bits per heavy atom. The third kappa shape index (κ3) is 3.87. The summed E-state index contributed by atoms with van der Waals surface area (Å²) in [4.78, 5) is 24.6. The zero-order valence-electron chi connectivity index (χ0n) is 15.2. The van der Waals surface area contributed by atoms with E-state index in [0.29, 0.717) is 5.69 Å². The van der Waals surface area contributed by atoms with Crippen LogP contribution in [0.5, 0.6) is 0 Å². The number of carbonyl (C=O) groups is 2. The number of benzene rings is 2. The van der Waals surface area contributed by atoms with Crippen molar-refractivity contribution in [2.45, 2.75) is 44.6 Å². The molecule has 1 aliphatic rings. The van der Waals surface area contributed by atoms with E-state index < -0.39 is 5.41 Å². The smallest absolute Gasteiger partial charge is 0.319 e. The van der Waals surface area contributed by atoms with Gasteiger partial charge in [0.15, 0.2) is 0 Å². The van der Waals surface area contributed by atoms with Gasteiger partial charge in [0.1, 0.15) is 0 Å². The van der Waals surface area contributed by atoms with Crippen molar-refractivity contribution in [1.82, 2.24) is 5.32 Å². The first-order chi connectivity index (χ1) is 12.5. The normalized spacial score (nSPS) is 15.0. The van der Waals surface area contributed by atoms with E-state index in [1.165, 1.54) is 0 Å². The highest BCUT2D eigenvalue weighted by Gasteiger charge is 2.45. The molecular weight excluding hydrogens is 326 g/mol. The third-order valence-electron chi connectivity index (χ3n) is 4.79. The van der Waals surface area contributed by atoms with Gasteiger partial charge in [0.25, 0.3) is 0 Å². The van der Waals surface area contributed by atoms with E-state index in [1.807, 2.05) is 44.2 Å². The van der Waals surface area contributed by atoms with Crippen molar-refractivity contribution < 1.29 is 9.59 Å². The number of nitrogens with one attached hydrogen (secondary N) is 3. The molecule has 26 heavy (non-hydrogen) atoms. The SMILES string of the molecule is CC(C)NC(=O)Nc1ccc(NC(=O)C2(c3ccccc3)CCC2)cc1. The molecule has 2 aromatic carbocycles. The topological polar surface area (TPSA) is 70.2 Å². The van der Waals surface area contributed by atoms with E-state index in [0.717, 1.165) is 30.5 Å². The van der Waals surface area contributed by atoms with Crippen LogP contribution in [0.2, 0.25) is 0 Å². The van der Waals surface area contributed by atoms with Crippen LogP contribution in [0.4, 0.5) is 16.2 Å². The van der Waals surface area contributed by atoms with Gasteiger partial charge in [0.05, 0.1) is 5.41 Å². The van der Waals surface area contributed by atoms with Gasteiger partial charge in [-0.25, -0.2) is 4.79 Å². The van der Waals surface area contributed by atoms with Crippen molar-refractivity contribution >= 4 is 23.3 Å². The Kier molecular flexibility index (Phi) is 5.26. The lowest BCUT2D eigenvalue weighted by Gasteiger charge is -2.40. The van der Waals surface area contributed by atoms with E-state index in [1.54, 1.807) is 24.3 Å². The summed E-state index contributed by atoms with van der Waals surface area (Å²) in [6.45, 7) is 3.81. The molecule has 136 valence electrons. The minimum absolute atomic E-state index is 0.0354. The molecule has 0 heterocycles. The van der Waals surface area contributed by atoms with Crippen molar-refractivity contribution in [3.8, 4) is 0 Å². The summed E-state index contributed by atoms with van der Waals surface area (Å²) >= 11 is 0. The minimum atomic E-state index is -0.421. The number of hydrogen-bond acceptors (Lipinski definition) is 2. The van der Waals surface area contributed by atoms with Gasteiger partial charge in [0.2, 0.25) is 5.91 Å². The molecule has 0 unspecified atom stereocenters. The van der Waals surface area contributed by atoms with Gasteiger partial charge in [-0.3, -0.25) is 4.79 Å². The molecule has 5 heteroatoms. The fraction of sp³-hybridized carbons (Fsp3) is 0.333. The van der Waals surface area contributed by atoms with Gasteiger partial charge >= 0.3 is 6.03 Å². The summed E-state index contributed by atoms with van der Waals surface area (Å²) in [6, 6.07) is 17.0. The van der Waals surface area contributed by atoms with Crippen LogP contribution in [0.3, 0.4) is 0 Å². The maximum atomic E-state index is 12.9. The number of amides is 3. The number of rotatable bonds is 5. The van der Waals surface area contributed by atoms with Crippen LogP contribution in [-0.2, 0) is 10.2 Å². The highest BCUT2D eigenvalue weighted by Crippen LogP contribution is 2.44. The minimum Gasteiger partial charge on any atom is -0.336 e. The molecule has 3 amide bonds. The summed E-state index contributed by atoms with van der Waals surface area (Å²) < 4.78 is 0. The Morgan fingerprint density at radius 1 is 0.885 bits per heavy atom. The maximum absolute atomic E-state index is 12.9. The van der Waals surface area contributed by atoms with Crippen molar-refractivity contribution in [3.63, 3.8) is 0 Å². The molecule has 0 aliphatic heterocycles. The average Bonchev–Trinajstić information content (AvgIpc) is 2.56. The summed E-state index contributed by atoms with van der Waals surface area (Å²) in [6.07, 6.45) is 2.81. The first-order valence-corrected chi connectivity index (χ1v) is 9.04. The molecule has 0 spiro atoms. The lowest BCUT2D eigenvalue weighted by molar-refractivity contribution is -0.124. The highest BCUT2D eigenvalue weighted by molar-refractivity contribution is 6.00. The molecule has 3 rings (SSSR count). The lowest BCUT2D eigenvalue weighted by Crippen LogP contribution is -2.45. The van der Waals surface area contributed by atoms with Crippen LogP contribution in [0.15, 0.2) is 54.6 Å². The second kappa shape index (κ2) is 7.60.